The van der Waals surface area contributed by atoms with Gasteiger partial charge in [0.25, 0.3) is 10.0 Å². The standard InChI is InChI=1S/C21H20ClNO3S/c1-16-6-12-21(13-7-16)27(24,25)23(15-17-8-10-18(22)11-9-17)19-4-3-5-20(14-19)26-2/h3-14H,15H2,1-2H3. The van der Waals surface area contributed by atoms with E-state index in [1.54, 1.807) is 67.8 Å². The number of ether oxygens (including phenoxy) is 1. The second-order valence-corrected chi connectivity index (χ2v) is 8.45. The predicted octanol–water partition coefficient (Wildman–Crippen LogP) is 5.05. The van der Waals surface area contributed by atoms with Gasteiger partial charge >= 0.3 is 0 Å². The van der Waals surface area contributed by atoms with Crippen molar-refractivity contribution in [3.8, 4) is 5.75 Å². The highest BCUT2D eigenvalue weighted by Gasteiger charge is 2.25. The van der Waals surface area contributed by atoms with E-state index in [0.717, 1.165) is 11.1 Å². The Morgan fingerprint density at radius 3 is 2.26 bits per heavy atom. The first kappa shape index (κ1) is 19.3. The minimum Gasteiger partial charge on any atom is -0.497 e. The first-order valence-electron chi connectivity index (χ1n) is 8.38. The Morgan fingerprint density at radius 1 is 0.963 bits per heavy atom. The minimum atomic E-state index is -3.76. The van der Waals surface area contributed by atoms with Gasteiger partial charge in [-0.25, -0.2) is 8.42 Å². The van der Waals surface area contributed by atoms with E-state index in [4.69, 9.17) is 16.3 Å². The van der Waals surface area contributed by atoms with E-state index >= 15 is 0 Å². The lowest BCUT2D eigenvalue weighted by atomic mass is 10.2. The zero-order chi connectivity index (χ0) is 19.4. The maximum atomic E-state index is 13.4. The van der Waals surface area contributed by atoms with Gasteiger partial charge in [-0.2, -0.15) is 0 Å². The summed E-state index contributed by atoms with van der Waals surface area (Å²) in [5.41, 5.74) is 2.36. The third-order valence-electron chi connectivity index (χ3n) is 4.19. The topological polar surface area (TPSA) is 46.6 Å². The highest BCUT2D eigenvalue weighted by Crippen LogP contribution is 2.29. The molecule has 0 atom stereocenters. The number of nitrogens with zero attached hydrogens (tertiary/aromatic N) is 1. The third kappa shape index (κ3) is 4.43. The van der Waals surface area contributed by atoms with Crippen molar-refractivity contribution in [3.63, 3.8) is 0 Å². The number of aryl methyl sites for hydroxylation is 1. The number of methoxy groups -OCH3 is 1. The molecule has 6 heteroatoms. The van der Waals surface area contributed by atoms with Crippen molar-refractivity contribution in [2.45, 2.75) is 18.4 Å². The number of benzene rings is 3. The molecule has 0 N–H and O–H groups in total. The van der Waals surface area contributed by atoms with Crippen LogP contribution >= 0.6 is 11.6 Å². The van der Waals surface area contributed by atoms with Crippen LogP contribution in [0.25, 0.3) is 0 Å². The molecule has 0 aromatic heterocycles. The molecule has 0 radical (unpaired) electrons. The summed E-state index contributed by atoms with van der Waals surface area (Å²) in [6.07, 6.45) is 0. The highest BCUT2D eigenvalue weighted by molar-refractivity contribution is 7.92. The number of hydrogen-bond acceptors (Lipinski definition) is 3. The summed E-state index contributed by atoms with van der Waals surface area (Å²) in [6, 6.07) is 21.0. The maximum absolute atomic E-state index is 13.4. The molecule has 0 spiro atoms. The van der Waals surface area contributed by atoms with E-state index in [-0.39, 0.29) is 11.4 Å². The summed E-state index contributed by atoms with van der Waals surface area (Å²) in [4.78, 5) is 0.241. The van der Waals surface area contributed by atoms with E-state index in [1.807, 2.05) is 19.1 Å². The number of hydrogen-bond donors (Lipinski definition) is 0. The SMILES string of the molecule is COc1cccc(N(Cc2ccc(Cl)cc2)S(=O)(=O)c2ccc(C)cc2)c1. The summed E-state index contributed by atoms with van der Waals surface area (Å²) in [7, 11) is -2.21. The van der Waals surface area contributed by atoms with Crippen molar-refractivity contribution in [2.75, 3.05) is 11.4 Å². The molecule has 27 heavy (non-hydrogen) atoms. The molecule has 3 aromatic rings. The van der Waals surface area contributed by atoms with Gasteiger partial charge in [0.2, 0.25) is 0 Å². The Hall–Kier alpha value is -2.50. The summed E-state index contributed by atoms with van der Waals surface area (Å²) in [5.74, 6) is 0.590. The third-order valence-corrected chi connectivity index (χ3v) is 6.23. The largest absolute Gasteiger partial charge is 0.497 e. The Balaban J connectivity index is 2.08. The van der Waals surface area contributed by atoms with Crippen LogP contribution in [0.3, 0.4) is 0 Å². The fourth-order valence-corrected chi connectivity index (χ4v) is 4.24. The molecule has 0 saturated heterocycles. The molecule has 4 nitrogen and oxygen atoms in total. The van der Waals surface area contributed by atoms with Crippen LogP contribution in [0.1, 0.15) is 11.1 Å². The Bertz CT molecular complexity index is 1020. The summed E-state index contributed by atoms with van der Waals surface area (Å²) < 4.78 is 33.4. The molecule has 0 amide bonds. The molecule has 0 heterocycles. The van der Waals surface area contributed by atoms with Crippen LogP contribution in [0.4, 0.5) is 5.69 Å². The predicted molar refractivity (Wildman–Crippen MR) is 109 cm³/mol. The average molecular weight is 402 g/mol. The highest BCUT2D eigenvalue weighted by atomic mass is 35.5. The smallest absolute Gasteiger partial charge is 0.264 e. The van der Waals surface area contributed by atoms with Crippen molar-refractivity contribution in [2.24, 2.45) is 0 Å². The van der Waals surface area contributed by atoms with Crippen LogP contribution in [0.15, 0.2) is 77.7 Å². The van der Waals surface area contributed by atoms with Crippen LogP contribution in [0.5, 0.6) is 5.75 Å². The van der Waals surface area contributed by atoms with Gasteiger partial charge in [0.1, 0.15) is 5.75 Å². The lowest BCUT2D eigenvalue weighted by Gasteiger charge is -2.25. The van der Waals surface area contributed by atoms with E-state index in [2.05, 4.69) is 0 Å². The van der Waals surface area contributed by atoms with Crippen LogP contribution in [0, 0.1) is 6.92 Å². The zero-order valence-electron chi connectivity index (χ0n) is 15.1. The lowest BCUT2D eigenvalue weighted by Crippen LogP contribution is -2.30. The van der Waals surface area contributed by atoms with E-state index < -0.39 is 10.0 Å². The second-order valence-electron chi connectivity index (χ2n) is 6.15. The molecule has 3 aromatic carbocycles. The van der Waals surface area contributed by atoms with E-state index in [1.165, 1.54) is 4.31 Å². The van der Waals surface area contributed by atoms with E-state index in [0.29, 0.717) is 16.5 Å². The summed E-state index contributed by atoms with van der Waals surface area (Å²) in [5, 5.41) is 0.605. The molecule has 140 valence electrons. The minimum absolute atomic E-state index is 0.181. The molecule has 0 bridgehead atoms. The molecule has 3 rings (SSSR count). The van der Waals surface area contributed by atoms with Crippen LogP contribution in [-0.2, 0) is 16.6 Å². The Labute approximate surface area is 165 Å². The van der Waals surface area contributed by atoms with Gasteiger partial charge in [0.15, 0.2) is 0 Å². The van der Waals surface area contributed by atoms with Crippen LogP contribution < -0.4 is 9.04 Å². The Kier molecular flexibility index (Phi) is 5.73. The van der Waals surface area contributed by atoms with Crippen molar-refractivity contribution in [1.29, 1.82) is 0 Å². The summed E-state index contributed by atoms with van der Waals surface area (Å²) >= 11 is 5.96. The number of rotatable bonds is 6. The lowest BCUT2D eigenvalue weighted by molar-refractivity contribution is 0.415. The first-order chi connectivity index (χ1) is 12.9. The fraction of sp³-hybridized carbons (Fsp3) is 0.143. The van der Waals surface area contributed by atoms with Gasteiger partial charge in [-0.1, -0.05) is 47.5 Å². The molecule has 0 saturated carbocycles. The van der Waals surface area contributed by atoms with Gasteiger partial charge in [-0.3, -0.25) is 4.31 Å². The first-order valence-corrected chi connectivity index (χ1v) is 10.2. The molecule has 0 fully saturated rings. The zero-order valence-corrected chi connectivity index (χ0v) is 16.7. The maximum Gasteiger partial charge on any atom is 0.264 e. The van der Waals surface area contributed by atoms with Gasteiger partial charge in [-0.05, 0) is 48.9 Å². The van der Waals surface area contributed by atoms with Crippen molar-refractivity contribution < 1.29 is 13.2 Å². The average Bonchev–Trinajstić information content (AvgIpc) is 2.67. The van der Waals surface area contributed by atoms with Crippen molar-refractivity contribution in [3.05, 3.63) is 88.9 Å². The molecular weight excluding hydrogens is 382 g/mol. The van der Waals surface area contributed by atoms with Gasteiger partial charge in [0, 0.05) is 11.1 Å². The second kappa shape index (κ2) is 8.03. The molecule has 0 aliphatic carbocycles. The van der Waals surface area contributed by atoms with Crippen LogP contribution in [-0.4, -0.2) is 15.5 Å². The monoisotopic (exact) mass is 401 g/mol. The fourth-order valence-electron chi connectivity index (χ4n) is 2.67. The van der Waals surface area contributed by atoms with Gasteiger partial charge in [-0.15, -0.1) is 0 Å². The number of anilines is 1. The van der Waals surface area contributed by atoms with Gasteiger partial charge in [0.05, 0.1) is 24.2 Å². The molecule has 0 unspecified atom stereocenters. The summed E-state index contributed by atoms with van der Waals surface area (Å²) in [6.45, 7) is 2.10. The normalized spacial score (nSPS) is 11.2. The number of halogens is 1. The van der Waals surface area contributed by atoms with Crippen molar-refractivity contribution in [1.82, 2.24) is 0 Å². The van der Waals surface area contributed by atoms with Crippen LogP contribution in [0.2, 0.25) is 5.02 Å². The quantitative estimate of drug-likeness (QED) is 0.580. The molecule has 0 aliphatic heterocycles. The van der Waals surface area contributed by atoms with Gasteiger partial charge < -0.3 is 4.74 Å². The molecule has 0 aliphatic rings. The number of sulfonamides is 1. The van der Waals surface area contributed by atoms with E-state index in [9.17, 15) is 8.42 Å². The Morgan fingerprint density at radius 2 is 1.63 bits per heavy atom. The molecular formula is C21H20ClNO3S. The van der Waals surface area contributed by atoms with Crippen molar-refractivity contribution >= 4 is 27.3 Å².